The maximum atomic E-state index is 12.2. The van der Waals surface area contributed by atoms with Gasteiger partial charge >= 0.3 is 5.97 Å². The Morgan fingerprint density at radius 2 is 2.32 bits per heavy atom. The Morgan fingerprint density at radius 3 is 3.00 bits per heavy atom. The first-order valence-corrected chi connectivity index (χ1v) is 7.20. The second-order valence-electron chi connectivity index (χ2n) is 4.78. The van der Waals surface area contributed by atoms with Crippen molar-refractivity contribution in [3.05, 3.63) is 16.3 Å². The molecule has 2 heterocycles. The molecule has 0 saturated carbocycles. The van der Waals surface area contributed by atoms with Crippen molar-refractivity contribution < 1.29 is 14.3 Å². The lowest BCUT2D eigenvalue weighted by Crippen LogP contribution is -2.45. The zero-order chi connectivity index (χ0) is 13.8. The van der Waals surface area contributed by atoms with Crippen LogP contribution in [-0.2, 0) is 9.53 Å². The van der Waals surface area contributed by atoms with Gasteiger partial charge in [0, 0.05) is 0 Å². The number of hydrogen-bond acceptors (Lipinski definition) is 5. The van der Waals surface area contributed by atoms with E-state index in [4.69, 9.17) is 0 Å². The number of methoxy groups -OCH3 is 1. The van der Waals surface area contributed by atoms with Crippen LogP contribution in [0.2, 0.25) is 0 Å². The highest BCUT2D eigenvalue weighted by Crippen LogP contribution is 2.24. The van der Waals surface area contributed by atoms with Gasteiger partial charge in [0.25, 0.3) is 0 Å². The van der Waals surface area contributed by atoms with Gasteiger partial charge in [-0.1, -0.05) is 6.92 Å². The lowest BCUT2D eigenvalue weighted by molar-refractivity contribution is -0.119. The molecule has 0 spiro atoms. The smallest absolute Gasteiger partial charge is 0.350 e. The van der Waals surface area contributed by atoms with E-state index < -0.39 is 5.97 Å². The molecule has 2 unspecified atom stereocenters. The van der Waals surface area contributed by atoms with Gasteiger partial charge in [-0.2, -0.15) is 0 Å². The number of esters is 1. The first kappa shape index (κ1) is 14.0. The van der Waals surface area contributed by atoms with Gasteiger partial charge in [0.1, 0.15) is 4.88 Å². The standard InChI is InChI=1S/C13H18N2O3S/c1-8-3-5-14-10(7-8)12(16)15-9-4-6-19-11(9)13(17)18-2/h4,6,8,10,14H,3,5,7H2,1-2H3,(H,15,16). The van der Waals surface area contributed by atoms with Crippen molar-refractivity contribution in [1.29, 1.82) is 0 Å². The van der Waals surface area contributed by atoms with Crippen LogP contribution in [0.15, 0.2) is 11.4 Å². The number of amides is 1. The Hall–Kier alpha value is -1.40. The molecule has 0 aromatic carbocycles. The molecule has 2 atom stereocenters. The quantitative estimate of drug-likeness (QED) is 0.830. The Kier molecular flexibility index (Phi) is 4.55. The minimum Gasteiger partial charge on any atom is -0.465 e. The van der Waals surface area contributed by atoms with Crippen molar-refractivity contribution in [2.45, 2.75) is 25.8 Å². The van der Waals surface area contributed by atoms with Crippen LogP contribution in [0.1, 0.15) is 29.4 Å². The van der Waals surface area contributed by atoms with Crippen LogP contribution in [0.5, 0.6) is 0 Å². The zero-order valence-corrected chi connectivity index (χ0v) is 11.9. The van der Waals surface area contributed by atoms with Crippen LogP contribution < -0.4 is 10.6 Å². The molecule has 0 aliphatic carbocycles. The highest BCUT2D eigenvalue weighted by Gasteiger charge is 2.25. The number of rotatable bonds is 3. The van der Waals surface area contributed by atoms with Crippen molar-refractivity contribution in [2.24, 2.45) is 5.92 Å². The molecule has 104 valence electrons. The van der Waals surface area contributed by atoms with Crippen molar-refractivity contribution in [3.8, 4) is 0 Å². The molecule has 0 radical (unpaired) electrons. The Bertz CT molecular complexity index is 472. The monoisotopic (exact) mass is 282 g/mol. The third-order valence-electron chi connectivity index (χ3n) is 3.28. The number of piperidine rings is 1. The number of nitrogens with one attached hydrogen (secondary N) is 2. The Morgan fingerprint density at radius 1 is 1.53 bits per heavy atom. The average molecular weight is 282 g/mol. The van der Waals surface area contributed by atoms with Crippen LogP contribution in [-0.4, -0.2) is 31.6 Å². The Labute approximate surface area is 116 Å². The molecule has 1 aliphatic heterocycles. The van der Waals surface area contributed by atoms with E-state index in [9.17, 15) is 9.59 Å². The summed E-state index contributed by atoms with van der Waals surface area (Å²) in [5.41, 5.74) is 0.530. The summed E-state index contributed by atoms with van der Waals surface area (Å²) >= 11 is 1.26. The van der Waals surface area contributed by atoms with Gasteiger partial charge in [-0.3, -0.25) is 4.79 Å². The number of ether oxygens (including phenoxy) is 1. The van der Waals surface area contributed by atoms with Gasteiger partial charge in [0.05, 0.1) is 18.8 Å². The number of anilines is 1. The first-order valence-electron chi connectivity index (χ1n) is 6.32. The van der Waals surface area contributed by atoms with Gasteiger partial charge in [0.2, 0.25) is 5.91 Å². The number of thiophene rings is 1. The Balaban J connectivity index is 2.02. The molecule has 1 fully saturated rings. The summed E-state index contributed by atoms with van der Waals surface area (Å²) in [6.45, 7) is 3.00. The second-order valence-corrected chi connectivity index (χ2v) is 5.70. The molecule has 1 aromatic rings. The van der Waals surface area contributed by atoms with E-state index in [-0.39, 0.29) is 11.9 Å². The molecule has 2 rings (SSSR count). The van der Waals surface area contributed by atoms with E-state index in [2.05, 4.69) is 22.3 Å². The van der Waals surface area contributed by atoms with Crippen LogP contribution in [0.4, 0.5) is 5.69 Å². The zero-order valence-electron chi connectivity index (χ0n) is 11.1. The average Bonchev–Trinajstić information content (AvgIpc) is 2.86. The fraction of sp³-hybridized carbons (Fsp3) is 0.538. The normalized spacial score (nSPS) is 22.8. The number of carbonyl (C=O) groups is 2. The number of carbonyl (C=O) groups excluding carboxylic acids is 2. The predicted octanol–water partition coefficient (Wildman–Crippen LogP) is 1.86. The third kappa shape index (κ3) is 3.33. The molecule has 6 heteroatoms. The molecular formula is C13H18N2O3S. The minimum atomic E-state index is -0.421. The number of hydrogen-bond donors (Lipinski definition) is 2. The lowest BCUT2D eigenvalue weighted by Gasteiger charge is -2.27. The molecular weight excluding hydrogens is 264 g/mol. The van der Waals surface area contributed by atoms with Crippen molar-refractivity contribution in [1.82, 2.24) is 5.32 Å². The van der Waals surface area contributed by atoms with Crippen molar-refractivity contribution in [3.63, 3.8) is 0 Å². The molecule has 19 heavy (non-hydrogen) atoms. The highest BCUT2D eigenvalue weighted by molar-refractivity contribution is 7.12. The van der Waals surface area contributed by atoms with Crippen molar-refractivity contribution in [2.75, 3.05) is 19.0 Å². The van der Waals surface area contributed by atoms with E-state index in [0.717, 1.165) is 19.4 Å². The SMILES string of the molecule is COC(=O)c1sccc1NC(=O)C1CC(C)CCN1. The molecule has 1 saturated heterocycles. The van der Waals surface area contributed by atoms with E-state index in [0.29, 0.717) is 16.5 Å². The van der Waals surface area contributed by atoms with E-state index in [1.807, 2.05) is 0 Å². The summed E-state index contributed by atoms with van der Waals surface area (Å²) in [4.78, 5) is 24.1. The molecule has 0 bridgehead atoms. The molecule has 2 N–H and O–H groups in total. The van der Waals surface area contributed by atoms with Crippen LogP contribution in [0.25, 0.3) is 0 Å². The summed E-state index contributed by atoms with van der Waals surface area (Å²) in [7, 11) is 1.33. The third-order valence-corrected chi connectivity index (χ3v) is 4.17. The summed E-state index contributed by atoms with van der Waals surface area (Å²) in [6.07, 6.45) is 1.92. The maximum absolute atomic E-state index is 12.2. The summed E-state index contributed by atoms with van der Waals surface area (Å²) in [5, 5.41) is 7.77. The molecule has 1 aliphatic rings. The minimum absolute atomic E-state index is 0.0879. The van der Waals surface area contributed by atoms with Crippen LogP contribution in [0.3, 0.4) is 0 Å². The van der Waals surface area contributed by atoms with Crippen LogP contribution >= 0.6 is 11.3 Å². The predicted molar refractivity (Wildman–Crippen MR) is 74.5 cm³/mol. The molecule has 1 aromatic heterocycles. The van der Waals surface area contributed by atoms with E-state index in [1.54, 1.807) is 11.4 Å². The van der Waals surface area contributed by atoms with Crippen LogP contribution in [0, 0.1) is 5.92 Å². The van der Waals surface area contributed by atoms with Gasteiger partial charge in [-0.25, -0.2) is 4.79 Å². The van der Waals surface area contributed by atoms with Gasteiger partial charge < -0.3 is 15.4 Å². The summed E-state index contributed by atoms with van der Waals surface area (Å²) < 4.78 is 4.68. The largest absolute Gasteiger partial charge is 0.465 e. The van der Waals surface area contributed by atoms with E-state index in [1.165, 1.54) is 18.4 Å². The topological polar surface area (TPSA) is 67.4 Å². The second kappa shape index (κ2) is 6.16. The van der Waals surface area contributed by atoms with Gasteiger partial charge in [0.15, 0.2) is 0 Å². The first-order chi connectivity index (χ1) is 9.11. The molecule has 5 nitrogen and oxygen atoms in total. The van der Waals surface area contributed by atoms with Crippen molar-refractivity contribution >= 4 is 28.9 Å². The fourth-order valence-corrected chi connectivity index (χ4v) is 2.95. The fourth-order valence-electron chi connectivity index (χ4n) is 2.19. The van der Waals surface area contributed by atoms with Gasteiger partial charge in [-0.15, -0.1) is 11.3 Å². The summed E-state index contributed by atoms with van der Waals surface area (Å²) in [5.74, 6) is 0.0323. The maximum Gasteiger partial charge on any atom is 0.350 e. The summed E-state index contributed by atoms with van der Waals surface area (Å²) in [6, 6.07) is 1.54. The highest BCUT2D eigenvalue weighted by atomic mass is 32.1. The van der Waals surface area contributed by atoms with Gasteiger partial charge in [-0.05, 0) is 36.8 Å². The molecule has 1 amide bonds. The lowest BCUT2D eigenvalue weighted by atomic mass is 9.94. The van der Waals surface area contributed by atoms with E-state index >= 15 is 0 Å².